The van der Waals surface area contributed by atoms with Crippen LogP contribution in [-0.2, 0) is 4.74 Å². The van der Waals surface area contributed by atoms with E-state index in [1.165, 1.54) is 5.69 Å². The van der Waals surface area contributed by atoms with Crippen molar-refractivity contribution in [2.75, 3.05) is 31.7 Å². The molecule has 0 aromatic heterocycles. The molecule has 3 heteroatoms. The second-order valence-electron chi connectivity index (χ2n) is 4.45. The molecule has 1 saturated heterocycles. The van der Waals surface area contributed by atoms with E-state index >= 15 is 0 Å². The molecule has 3 nitrogen and oxygen atoms in total. The van der Waals surface area contributed by atoms with Crippen LogP contribution in [-0.4, -0.2) is 37.4 Å². The van der Waals surface area contributed by atoms with Crippen molar-refractivity contribution in [3.8, 4) is 0 Å². The average molecular weight is 234 g/mol. The molecule has 94 valence electrons. The van der Waals surface area contributed by atoms with Crippen molar-refractivity contribution in [3.05, 3.63) is 30.3 Å². The molecule has 0 amide bonds. The lowest BCUT2D eigenvalue weighted by atomic mass is 10.1. The number of anilines is 1. The highest BCUT2D eigenvalue weighted by Crippen LogP contribution is 2.14. The maximum absolute atomic E-state index is 5.41. The molecule has 1 aromatic carbocycles. The molecule has 0 bridgehead atoms. The predicted molar refractivity (Wildman–Crippen MR) is 71.2 cm³/mol. The zero-order valence-electron chi connectivity index (χ0n) is 10.6. The van der Waals surface area contributed by atoms with Crippen molar-refractivity contribution in [3.63, 3.8) is 0 Å². The first-order valence-electron chi connectivity index (χ1n) is 6.51. The standard InChI is InChI=1S/C14H22N2O/c1-2-16(14-8-10-17-11-9-14)12-15-13-6-4-3-5-7-13/h3-7,14-15H,2,8-12H2,1H3. The van der Waals surface area contributed by atoms with E-state index in [0.29, 0.717) is 6.04 Å². The van der Waals surface area contributed by atoms with Crippen molar-refractivity contribution >= 4 is 5.69 Å². The van der Waals surface area contributed by atoms with E-state index in [1.807, 2.05) is 6.07 Å². The second-order valence-corrected chi connectivity index (χ2v) is 4.45. The zero-order valence-corrected chi connectivity index (χ0v) is 10.6. The molecular weight excluding hydrogens is 212 g/mol. The minimum Gasteiger partial charge on any atom is -0.381 e. The monoisotopic (exact) mass is 234 g/mol. The van der Waals surface area contributed by atoms with E-state index in [-0.39, 0.29) is 0 Å². The minimum absolute atomic E-state index is 0.671. The smallest absolute Gasteiger partial charge is 0.0680 e. The third kappa shape index (κ3) is 3.72. The van der Waals surface area contributed by atoms with E-state index in [1.54, 1.807) is 0 Å². The average Bonchev–Trinajstić information content (AvgIpc) is 2.42. The summed E-state index contributed by atoms with van der Waals surface area (Å²) in [4.78, 5) is 2.50. The molecular formula is C14H22N2O. The van der Waals surface area contributed by atoms with Gasteiger partial charge in [-0.1, -0.05) is 25.1 Å². The number of rotatable bonds is 5. The summed E-state index contributed by atoms with van der Waals surface area (Å²) in [6, 6.07) is 11.1. The quantitative estimate of drug-likeness (QED) is 0.792. The molecule has 17 heavy (non-hydrogen) atoms. The fourth-order valence-corrected chi connectivity index (χ4v) is 2.30. The van der Waals surface area contributed by atoms with Crippen molar-refractivity contribution < 1.29 is 4.74 Å². The zero-order chi connectivity index (χ0) is 11.9. The number of hydrogen-bond donors (Lipinski definition) is 1. The first kappa shape index (κ1) is 12.4. The Morgan fingerprint density at radius 1 is 1.24 bits per heavy atom. The molecule has 1 aliphatic rings. The Balaban J connectivity index is 1.82. The first-order chi connectivity index (χ1) is 8.40. The van der Waals surface area contributed by atoms with Crippen LogP contribution in [0.4, 0.5) is 5.69 Å². The van der Waals surface area contributed by atoms with Gasteiger partial charge in [0.2, 0.25) is 0 Å². The van der Waals surface area contributed by atoms with Gasteiger partial charge in [0, 0.05) is 24.9 Å². The Kier molecular flexibility index (Phi) is 4.83. The lowest BCUT2D eigenvalue weighted by molar-refractivity contribution is 0.0385. The van der Waals surface area contributed by atoms with Gasteiger partial charge < -0.3 is 10.1 Å². The molecule has 1 aliphatic heterocycles. The molecule has 0 atom stereocenters. The van der Waals surface area contributed by atoms with Crippen LogP contribution in [0.25, 0.3) is 0 Å². The van der Waals surface area contributed by atoms with Gasteiger partial charge in [-0.25, -0.2) is 0 Å². The number of benzene rings is 1. The van der Waals surface area contributed by atoms with Crippen LogP contribution < -0.4 is 5.32 Å². The van der Waals surface area contributed by atoms with Gasteiger partial charge in [0.25, 0.3) is 0 Å². The number of nitrogens with zero attached hydrogens (tertiary/aromatic N) is 1. The molecule has 0 aliphatic carbocycles. The summed E-state index contributed by atoms with van der Waals surface area (Å²) in [5.41, 5.74) is 1.19. The third-order valence-electron chi connectivity index (χ3n) is 3.37. The SMILES string of the molecule is CCN(CNc1ccccc1)C1CCOCC1. The lowest BCUT2D eigenvalue weighted by Crippen LogP contribution is -2.42. The normalized spacial score (nSPS) is 17.3. The number of nitrogens with one attached hydrogen (secondary N) is 1. The molecule has 0 radical (unpaired) electrons. The summed E-state index contributed by atoms with van der Waals surface area (Å²) in [6.45, 7) is 6.05. The Morgan fingerprint density at radius 2 is 1.94 bits per heavy atom. The van der Waals surface area contributed by atoms with Crippen molar-refractivity contribution in [2.24, 2.45) is 0 Å². The van der Waals surface area contributed by atoms with Crippen LogP contribution >= 0.6 is 0 Å². The van der Waals surface area contributed by atoms with Crippen molar-refractivity contribution in [1.82, 2.24) is 4.90 Å². The van der Waals surface area contributed by atoms with Gasteiger partial charge in [-0.05, 0) is 31.5 Å². The molecule has 0 unspecified atom stereocenters. The van der Waals surface area contributed by atoms with E-state index in [0.717, 1.165) is 39.3 Å². The molecule has 1 aromatic rings. The second kappa shape index (κ2) is 6.62. The highest BCUT2D eigenvalue weighted by molar-refractivity contribution is 5.42. The fraction of sp³-hybridized carbons (Fsp3) is 0.571. The molecule has 1 fully saturated rings. The lowest BCUT2D eigenvalue weighted by Gasteiger charge is -2.33. The van der Waals surface area contributed by atoms with Crippen LogP contribution in [0.1, 0.15) is 19.8 Å². The Morgan fingerprint density at radius 3 is 2.59 bits per heavy atom. The van der Waals surface area contributed by atoms with Gasteiger partial charge in [-0.2, -0.15) is 0 Å². The van der Waals surface area contributed by atoms with Gasteiger partial charge in [0.05, 0.1) is 6.67 Å². The highest BCUT2D eigenvalue weighted by atomic mass is 16.5. The number of ether oxygens (including phenoxy) is 1. The van der Waals surface area contributed by atoms with Crippen LogP contribution in [0, 0.1) is 0 Å². The van der Waals surface area contributed by atoms with E-state index in [2.05, 4.69) is 41.4 Å². The molecule has 2 rings (SSSR count). The summed E-state index contributed by atoms with van der Waals surface area (Å²) in [5.74, 6) is 0. The molecule has 1 N–H and O–H groups in total. The van der Waals surface area contributed by atoms with E-state index < -0.39 is 0 Å². The van der Waals surface area contributed by atoms with E-state index in [9.17, 15) is 0 Å². The van der Waals surface area contributed by atoms with E-state index in [4.69, 9.17) is 4.74 Å². The Bertz CT molecular complexity index is 309. The summed E-state index contributed by atoms with van der Waals surface area (Å²) in [6.07, 6.45) is 2.31. The maximum Gasteiger partial charge on any atom is 0.0680 e. The van der Waals surface area contributed by atoms with Crippen LogP contribution in [0.15, 0.2) is 30.3 Å². The van der Waals surface area contributed by atoms with Gasteiger partial charge in [-0.3, -0.25) is 4.90 Å². The summed E-state index contributed by atoms with van der Waals surface area (Å²) >= 11 is 0. The van der Waals surface area contributed by atoms with Gasteiger partial charge in [0.1, 0.15) is 0 Å². The number of para-hydroxylation sites is 1. The predicted octanol–water partition coefficient (Wildman–Crippen LogP) is 2.56. The van der Waals surface area contributed by atoms with Gasteiger partial charge in [-0.15, -0.1) is 0 Å². The van der Waals surface area contributed by atoms with Crippen molar-refractivity contribution in [2.45, 2.75) is 25.8 Å². The molecule has 0 saturated carbocycles. The first-order valence-corrected chi connectivity index (χ1v) is 6.51. The topological polar surface area (TPSA) is 24.5 Å². The van der Waals surface area contributed by atoms with Gasteiger partial charge in [0.15, 0.2) is 0 Å². The summed E-state index contributed by atoms with van der Waals surface area (Å²) < 4.78 is 5.41. The van der Waals surface area contributed by atoms with Crippen molar-refractivity contribution in [1.29, 1.82) is 0 Å². The Hall–Kier alpha value is -1.06. The van der Waals surface area contributed by atoms with Crippen LogP contribution in [0.5, 0.6) is 0 Å². The minimum atomic E-state index is 0.671. The summed E-state index contributed by atoms with van der Waals surface area (Å²) in [5, 5.41) is 3.48. The highest BCUT2D eigenvalue weighted by Gasteiger charge is 2.19. The molecule has 1 heterocycles. The van der Waals surface area contributed by atoms with Crippen LogP contribution in [0.3, 0.4) is 0 Å². The van der Waals surface area contributed by atoms with Gasteiger partial charge >= 0.3 is 0 Å². The third-order valence-corrected chi connectivity index (χ3v) is 3.37. The Labute approximate surface area is 104 Å². The largest absolute Gasteiger partial charge is 0.381 e. The number of hydrogen-bond acceptors (Lipinski definition) is 3. The fourth-order valence-electron chi connectivity index (χ4n) is 2.30. The molecule has 0 spiro atoms. The maximum atomic E-state index is 5.41. The van der Waals surface area contributed by atoms with Crippen LogP contribution in [0.2, 0.25) is 0 Å². The summed E-state index contributed by atoms with van der Waals surface area (Å²) in [7, 11) is 0.